The quantitative estimate of drug-likeness (QED) is 0.835. The molecule has 1 unspecified atom stereocenters. The first-order valence-electron chi connectivity index (χ1n) is 5.78. The van der Waals surface area contributed by atoms with Crippen molar-refractivity contribution in [3.8, 4) is 0 Å². The Bertz CT molecular complexity index is 544. The monoisotopic (exact) mass is 274 g/mol. The standard InChI is InChI=1S/C14H14N2S2/c1-17-11-6-4-10(5-7-11)12-9-13(16-15-12)14-3-2-8-18-14/h2-9,13,15-16H,1H3. The van der Waals surface area contributed by atoms with Crippen LogP contribution in [0.3, 0.4) is 0 Å². The van der Waals surface area contributed by atoms with Gasteiger partial charge in [0.2, 0.25) is 0 Å². The summed E-state index contributed by atoms with van der Waals surface area (Å²) in [4.78, 5) is 2.62. The van der Waals surface area contributed by atoms with Crippen molar-refractivity contribution in [1.29, 1.82) is 0 Å². The van der Waals surface area contributed by atoms with Crippen molar-refractivity contribution in [2.45, 2.75) is 10.9 Å². The molecule has 2 nitrogen and oxygen atoms in total. The molecule has 2 aromatic rings. The second-order valence-corrected chi connectivity index (χ2v) is 5.93. The fraction of sp³-hybridized carbons (Fsp3) is 0.143. The lowest BCUT2D eigenvalue weighted by Gasteiger charge is -2.06. The highest BCUT2D eigenvalue weighted by Crippen LogP contribution is 2.27. The fourth-order valence-electron chi connectivity index (χ4n) is 1.97. The molecule has 0 saturated carbocycles. The van der Waals surface area contributed by atoms with E-state index in [9.17, 15) is 0 Å². The van der Waals surface area contributed by atoms with Gasteiger partial charge in [0.25, 0.3) is 0 Å². The Morgan fingerprint density at radius 1 is 1.17 bits per heavy atom. The van der Waals surface area contributed by atoms with Gasteiger partial charge in [0.05, 0.1) is 11.7 Å². The minimum atomic E-state index is 0.278. The van der Waals surface area contributed by atoms with E-state index < -0.39 is 0 Å². The first kappa shape index (κ1) is 11.8. The van der Waals surface area contributed by atoms with Gasteiger partial charge in [-0.2, -0.15) is 0 Å². The SMILES string of the molecule is CSc1ccc(C2=CC(c3cccs3)NN2)cc1. The summed E-state index contributed by atoms with van der Waals surface area (Å²) in [5.41, 5.74) is 8.93. The number of hydrazine groups is 1. The van der Waals surface area contributed by atoms with Crippen LogP contribution in [0.2, 0.25) is 0 Å². The van der Waals surface area contributed by atoms with E-state index in [0.29, 0.717) is 0 Å². The molecule has 0 spiro atoms. The highest BCUT2D eigenvalue weighted by Gasteiger charge is 2.17. The van der Waals surface area contributed by atoms with E-state index in [2.05, 4.69) is 65.0 Å². The summed E-state index contributed by atoms with van der Waals surface area (Å²) in [5, 5.41) is 2.11. The molecule has 1 aliphatic rings. The van der Waals surface area contributed by atoms with Crippen LogP contribution in [0.15, 0.2) is 52.7 Å². The highest BCUT2D eigenvalue weighted by atomic mass is 32.2. The summed E-state index contributed by atoms with van der Waals surface area (Å²) >= 11 is 3.54. The predicted molar refractivity (Wildman–Crippen MR) is 79.5 cm³/mol. The number of thioether (sulfide) groups is 1. The zero-order valence-corrected chi connectivity index (χ0v) is 11.6. The van der Waals surface area contributed by atoms with Crippen molar-refractivity contribution in [1.82, 2.24) is 10.9 Å². The van der Waals surface area contributed by atoms with Crippen molar-refractivity contribution < 1.29 is 0 Å². The van der Waals surface area contributed by atoms with Crippen molar-refractivity contribution in [2.24, 2.45) is 0 Å². The van der Waals surface area contributed by atoms with Crippen LogP contribution >= 0.6 is 23.1 Å². The van der Waals surface area contributed by atoms with Crippen molar-refractivity contribution in [3.05, 3.63) is 58.3 Å². The number of hydrogen-bond acceptors (Lipinski definition) is 4. The highest BCUT2D eigenvalue weighted by molar-refractivity contribution is 7.98. The van der Waals surface area contributed by atoms with Crippen molar-refractivity contribution in [3.63, 3.8) is 0 Å². The van der Waals surface area contributed by atoms with Crippen molar-refractivity contribution >= 4 is 28.8 Å². The first-order valence-corrected chi connectivity index (χ1v) is 7.88. The zero-order valence-electron chi connectivity index (χ0n) is 10.0. The molecule has 0 aliphatic carbocycles. The third-order valence-electron chi connectivity index (χ3n) is 2.95. The Labute approximate surface area is 115 Å². The minimum Gasteiger partial charge on any atom is -0.320 e. The largest absolute Gasteiger partial charge is 0.320 e. The number of benzene rings is 1. The maximum Gasteiger partial charge on any atom is 0.0806 e. The smallest absolute Gasteiger partial charge is 0.0806 e. The molecule has 0 saturated heterocycles. The topological polar surface area (TPSA) is 24.1 Å². The Morgan fingerprint density at radius 2 is 2.00 bits per heavy atom. The lowest BCUT2D eigenvalue weighted by molar-refractivity contribution is 0.623. The molecule has 4 heteroatoms. The van der Waals surface area contributed by atoms with Gasteiger partial charge in [0.1, 0.15) is 0 Å². The third kappa shape index (κ3) is 2.32. The van der Waals surface area contributed by atoms with Crippen LogP contribution in [-0.4, -0.2) is 6.26 Å². The summed E-state index contributed by atoms with van der Waals surface area (Å²) < 4.78 is 0. The van der Waals surface area contributed by atoms with E-state index >= 15 is 0 Å². The second kappa shape index (κ2) is 5.18. The molecule has 1 aromatic heterocycles. The number of rotatable bonds is 3. The Kier molecular flexibility index (Phi) is 3.41. The van der Waals surface area contributed by atoms with Gasteiger partial charge in [0, 0.05) is 9.77 Å². The number of thiophene rings is 1. The molecule has 2 heterocycles. The van der Waals surface area contributed by atoms with Gasteiger partial charge in [-0.25, -0.2) is 5.43 Å². The summed E-state index contributed by atoms with van der Waals surface area (Å²) in [6, 6.07) is 13.1. The Balaban J connectivity index is 1.82. The zero-order chi connectivity index (χ0) is 12.4. The van der Waals surface area contributed by atoms with Gasteiger partial charge >= 0.3 is 0 Å². The molecule has 3 rings (SSSR count). The molecule has 1 aromatic carbocycles. The van der Waals surface area contributed by atoms with Gasteiger partial charge in [-0.05, 0) is 41.5 Å². The normalized spacial score (nSPS) is 18.5. The summed E-state index contributed by atoms with van der Waals surface area (Å²) in [7, 11) is 0. The molecular formula is C14H14N2S2. The van der Waals surface area contributed by atoms with Gasteiger partial charge in [0.15, 0.2) is 0 Å². The van der Waals surface area contributed by atoms with Crippen LogP contribution < -0.4 is 10.9 Å². The summed E-state index contributed by atoms with van der Waals surface area (Å²) in [5.74, 6) is 0. The second-order valence-electron chi connectivity index (χ2n) is 4.07. The molecular weight excluding hydrogens is 260 g/mol. The van der Waals surface area contributed by atoms with E-state index in [-0.39, 0.29) is 6.04 Å². The van der Waals surface area contributed by atoms with Crippen LogP contribution in [0, 0.1) is 0 Å². The van der Waals surface area contributed by atoms with Gasteiger partial charge in [-0.15, -0.1) is 23.1 Å². The minimum absolute atomic E-state index is 0.278. The molecule has 18 heavy (non-hydrogen) atoms. The van der Waals surface area contributed by atoms with Crippen LogP contribution in [-0.2, 0) is 0 Å². The maximum atomic E-state index is 3.30. The van der Waals surface area contributed by atoms with E-state index in [0.717, 1.165) is 5.70 Å². The maximum absolute atomic E-state index is 3.30. The molecule has 0 bridgehead atoms. The van der Waals surface area contributed by atoms with Gasteiger partial charge in [-0.1, -0.05) is 18.2 Å². The first-order chi connectivity index (χ1) is 8.86. The lowest BCUT2D eigenvalue weighted by Crippen LogP contribution is -2.25. The predicted octanol–water partition coefficient (Wildman–Crippen LogP) is 3.66. The third-order valence-corrected chi connectivity index (χ3v) is 4.65. The van der Waals surface area contributed by atoms with E-state index in [1.54, 1.807) is 23.1 Å². The van der Waals surface area contributed by atoms with E-state index in [1.165, 1.54) is 15.3 Å². The molecule has 0 radical (unpaired) electrons. The Hall–Kier alpha value is -1.23. The van der Waals surface area contributed by atoms with Crippen LogP contribution in [0.1, 0.15) is 16.5 Å². The summed E-state index contributed by atoms with van der Waals surface area (Å²) in [6.45, 7) is 0. The molecule has 0 amide bonds. The average Bonchev–Trinajstić information content (AvgIpc) is 3.09. The lowest BCUT2D eigenvalue weighted by atomic mass is 10.1. The van der Waals surface area contributed by atoms with E-state index in [1.807, 2.05) is 0 Å². The summed E-state index contributed by atoms with van der Waals surface area (Å²) in [6.07, 6.45) is 4.33. The van der Waals surface area contributed by atoms with Crippen LogP contribution in [0.25, 0.3) is 5.70 Å². The number of hydrogen-bond donors (Lipinski definition) is 2. The molecule has 0 fully saturated rings. The fourth-order valence-corrected chi connectivity index (χ4v) is 3.12. The molecule has 92 valence electrons. The van der Waals surface area contributed by atoms with Crippen LogP contribution in [0.4, 0.5) is 0 Å². The van der Waals surface area contributed by atoms with Crippen molar-refractivity contribution in [2.75, 3.05) is 6.26 Å². The van der Waals surface area contributed by atoms with Crippen LogP contribution in [0.5, 0.6) is 0 Å². The molecule has 1 aliphatic heterocycles. The number of nitrogens with one attached hydrogen (secondary N) is 2. The average molecular weight is 274 g/mol. The van der Waals surface area contributed by atoms with E-state index in [4.69, 9.17) is 0 Å². The Morgan fingerprint density at radius 3 is 2.67 bits per heavy atom. The molecule has 1 atom stereocenters. The molecule has 2 N–H and O–H groups in total. The van der Waals surface area contributed by atoms with Gasteiger partial charge in [-0.3, -0.25) is 0 Å². The van der Waals surface area contributed by atoms with Gasteiger partial charge < -0.3 is 5.43 Å².